The van der Waals surface area contributed by atoms with Gasteiger partial charge < -0.3 is 10.4 Å². The molecule has 2 N–H and O–H groups in total. The van der Waals surface area contributed by atoms with Crippen LogP contribution >= 0.6 is 15.9 Å². The van der Waals surface area contributed by atoms with Crippen LogP contribution in [0, 0.1) is 16.7 Å². The van der Waals surface area contributed by atoms with Crippen molar-refractivity contribution in [2.45, 2.75) is 12.8 Å². The van der Waals surface area contributed by atoms with Gasteiger partial charge in [0.25, 0.3) is 0 Å². The number of aliphatic hydroxyl groups excluding tert-OH is 1. The van der Waals surface area contributed by atoms with Gasteiger partial charge in [-0.2, -0.15) is 5.26 Å². The molecule has 0 bridgehead atoms. The highest BCUT2D eigenvalue weighted by Crippen LogP contribution is 2.45. The van der Waals surface area contributed by atoms with E-state index in [9.17, 15) is 5.11 Å². The minimum absolute atomic E-state index is 0.0554. The second-order valence-corrected chi connectivity index (χ2v) is 5.23. The van der Waals surface area contributed by atoms with Gasteiger partial charge in [0.05, 0.1) is 17.9 Å². The second-order valence-electron chi connectivity index (χ2n) is 4.31. The summed E-state index contributed by atoms with van der Waals surface area (Å²) in [4.78, 5) is 0. The minimum Gasteiger partial charge on any atom is -0.396 e. The van der Waals surface area contributed by atoms with Crippen LogP contribution in [0.5, 0.6) is 0 Å². The van der Waals surface area contributed by atoms with Crippen molar-refractivity contribution in [1.29, 1.82) is 5.26 Å². The Morgan fingerprint density at radius 3 is 2.81 bits per heavy atom. The van der Waals surface area contributed by atoms with E-state index in [1.165, 1.54) is 0 Å². The van der Waals surface area contributed by atoms with Gasteiger partial charge in [0.15, 0.2) is 0 Å². The van der Waals surface area contributed by atoms with Crippen molar-refractivity contribution >= 4 is 21.6 Å². The van der Waals surface area contributed by atoms with Crippen molar-refractivity contribution < 1.29 is 5.11 Å². The average molecular weight is 281 g/mol. The first-order valence-electron chi connectivity index (χ1n) is 5.23. The van der Waals surface area contributed by atoms with Crippen molar-refractivity contribution in [2.75, 3.05) is 18.5 Å². The summed E-state index contributed by atoms with van der Waals surface area (Å²) in [5, 5.41) is 21.4. The van der Waals surface area contributed by atoms with E-state index in [-0.39, 0.29) is 12.0 Å². The van der Waals surface area contributed by atoms with Crippen molar-refractivity contribution in [3.05, 3.63) is 28.2 Å². The standard InChI is InChI=1S/C12H13BrN2O/c13-10-1-2-11(9(5-10)6-14)15-7-12(8-16)3-4-12/h1-2,5,15-16H,3-4,7-8H2. The Morgan fingerprint density at radius 1 is 1.50 bits per heavy atom. The fourth-order valence-corrected chi connectivity index (χ4v) is 1.97. The Balaban J connectivity index is 2.07. The molecular formula is C12H13BrN2O. The van der Waals surface area contributed by atoms with E-state index in [4.69, 9.17) is 5.26 Å². The fourth-order valence-electron chi connectivity index (χ4n) is 1.61. The normalized spacial score (nSPS) is 16.6. The van der Waals surface area contributed by atoms with Crippen LogP contribution in [-0.2, 0) is 0 Å². The lowest BCUT2D eigenvalue weighted by Crippen LogP contribution is -2.19. The van der Waals surface area contributed by atoms with E-state index < -0.39 is 0 Å². The Bertz CT molecular complexity index is 435. The highest BCUT2D eigenvalue weighted by Gasteiger charge is 2.41. The van der Waals surface area contributed by atoms with Gasteiger partial charge >= 0.3 is 0 Å². The van der Waals surface area contributed by atoms with Gasteiger partial charge in [0.1, 0.15) is 6.07 Å². The Labute approximate surface area is 103 Å². The first-order chi connectivity index (χ1) is 7.69. The monoisotopic (exact) mass is 280 g/mol. The molecule has 1 fully saturated rings. The third-order valence-electron chi connectivity index (χ3n) is 3.05. The zero-order chi connectivity index (χ0) is 11.6. The molecule has 0 radical (unpaired) electrons. The number of hydrogen-bond acceptors (Lipinski definition) is 3. The zero-order valence-corrected chi connectivity index (χ0v) is 10.4. The van der Waals surface area contributed by atoms with E-state index in [0.717, 1.165) is 29.5 Å². The first kappa shape index (κ1) is 11.4. The minimum atomic E-state index is 0.0554. The van der Waals surface area contributed by atoms with Gasteiger partial charge in [-0.3, -0.25) is 0 Å². The predicted molar refractivity (Wildman–Crippen MR) is 66.1 cm³/mol. The summed E-state index contributed by atoms with van der Waals surface area (Å²) >= 11 is 3.33. The Morgan fingerprint density at radius 2 is 2.25 bits per heavy atom. The van der Waals surface area contributed by atoms with Gasteiger partial charge in [-0.25, -0.2) is 0 Å². The van der Waals surface area contributed by atoms with Gasteiger partial charge in [-0.05, 0) is 31.0 Å². The molecule has 0 saturated heterocycles. The van der Waals surface area contributed by atoms with E-state index in [0.29, 0.717) is 5.56 Å². The number of anilines is 1. The topological polar surface area (TPSA) is 56.0 Å². The van der Waals surface area contributed by atoms with Gasteiger partial charge in [-0.1, -0.05) is 15.9 Å². The number of nitrogens with one attached hydrogen (secondary N) is 1. The SMILES string of the molecule is N#Cc1cc(Br)ccc1NCC1(CO)CC1. The fraction of sp³-hybridized carbons (Fsp3) is 0.417. The molecule has 16 heavy (non-hydrogen) atoms. The molecule has 0 aliphatic heterocycles. The van der Waals surface area contributed by atoms with Crippen molar-refractivity contribution in [3.63, 3.8) is 0 Å². The summed E-state index contributed by atoms with van der Waals surface area (Å²) in [5.74, 6) is 0. The number of nitriles is 1. The van der Waals surface area contributed by atoms with Crippen LogP contribution in [-0.4, -0.2) is 18.3 Å². The number of aliphatic hydroxyl groups is 1. The van der Waals surface area contributed by atoms with E-state index in [1.54, 1.807) is 6.07 Å². The lowest BCUT2D eigenvalue weighted by Gasteiger charge is -2.14. The lowest BCUT2D eigenvalue weighted by molar-refractivity contribution is 0.220. The van der Waals surface area contributed by atoms with Crippen LogP contribution in [0.2, 0.25) is 0 Å². The summed E-state index contributed by atoms with van der Waals surface area (Å²) in [7, 11) is 0. The van der Waals surface area contributed by atoms with E-state index >= 15 is 0 Å². The van der Waals surface area contributed by atoms with Crippen molar-refractivity contribution in [3.8, 4) is 6.07 Å². The molecule has 1 aliphatic rings. The molecule has 3 nitrogen and oxygen atoms in total. The maximum absolute atomic E-state index is 9.19. The zero-order valence-electron chi connectivity index (χ0n) is 8.83. The Hall–Kier alpha value is -1.05. The quantitative estimate of drug-likeness (QED) is 0.891. The molecule has 4 heteroatoms. The largest absolute Gasteiger partial charge is 0.396 e. The maximum Gasteiger partial charge on any atom is 0.101 e. The van der Waals surface area contributed by atoms with Crippen molar-refractivity contribution in [1.82, 2.24) is 0 Å². The highest BCUT2D eigenvalue weighted by molar-refractivity contribution is 9.10. The lowest BCUT2D eigenvalue weighted by atomic mass is 10.1. The van der Waals surface area contributed by atoms with E-state index in [1.807, 2.05) is 12.1 Å². The van der Waals surface area contributed by atoms with Crippen LogP contribution in [0.1, 0.15) is 18.4 Å². The van der Waals surface area contributed by atoms with Crippen LogP contribution < -0.4 is 5.32 Å². The van der Waals surface area contributed by atoms with Crippen LogP contribution in [0.3, 0.4) is 0 Å². The van der Waals surface area contributed by atoms with Gasteiger partial charge in [0, 0.05) is 16.4 Å². The summed E-state index contributed by atoms with van der Waals surface area (Å²) < 4.78 is 0.901. The average Bonchev–Trinajstić information content (AvgIpc) is 3.08. The second kappa shape index (κ2) is 4.44. The molecule has 1 aliphatic carbocycles. The van der Waals surface area contributed by atoms with Crippen molar-refractivity contribution in [2.24, 2.45) is 5.41 Å². The number of hydrogen-bond donors (Lipinski definition) is 2. The number of halogens is 1. The number of nitrogens with zero attached hydrogens (tertiary/aromatic N) is 1. The Kier molecular flexibility index (Phi) is 3.17. The summed E-state index contributed by atoms with van der Waals surface area (Å²) in [6.07, 6.45) is 2.13. The molecule has 2 rings (SSSR count). The first-order valence-corrected chi connectivity index (χ1v) is 6.03. The molecule has 0 heterocycles. The molecule has 1 saturated carbocycles. The third-order valence-corrected chi connectivity index (χ3v) is 3.54. The van der Waals surface area contributed by atoms with Crippen LogP contribution in [0.15, 0.2) is 22.7 Å². The molecule has 1 aromatic rings. The molecule has 84 valence electrons. The van der Waals surface area contributed by atoms with Crippen LogP contribution in [0.25, 0.3) is 0 Å². The smallest absolute Gasteiger partial charge is 0.101 e. The van der Waals surface area contributed by atoms with Gasteiger partial charge in [0.2, 0.25) is 0 Å². The molecule has 0 spiro atoms. The number of benzene rings is 1. The molecule has 1 aromatic carbocycles. The third kappa shape index (κ3) is 2.37. The molecule has 0 unspecified atom stereocenters. The molecule has 0 atom stereocenters. The summed E-state index contributed by atoms with van der Waals surface area (Å²) in [5.41, 5.74) is 1.52. The van der Waals surface area contributed by atoms with Gasteiger partial charge in [-0.15, -0.1) is 0 Å². The van der Waals surface area contributed by atoms with E-state index in [2.05, 4.69) is 27.3 Å². The molecule has 0 aromatic heterocycles. The van der Waals surface area contributed by atoms with Crippen LogP contribution in [0.4, 0.5) is 5.69 Å². The summed E-state index contributed by atoms with van der Waals surface area (Å²) in [6.45, 7) is 0.957. The predicted octanol–water partition coefficient (Wildman–Crippen LogP) is 2.51. The number of rotatable bonds is 4. The maximum atomic E-state index is 9.19. The molecular weight excluding hydrogens is 268 g/mol. The summed E-state index contributed by atoms with van der Waals surface area (Å²) in [6, 6.07) is 7.74. The highest BCUT2D eigenvalue weighted by atomic mass is 79.9. The molecule has 0 amide bonds.